The Morgan fingerprint density at radius 2 is 1.82 bits per heavy atom. The summed E-state index contributed by atoms with van der Waals surface area (Å²) in [5.41, 5.74) is 1.78. The minimum Gasteiger partial charge on any atom is -0.326 e. The molecule has 2 N–H and O–H groups in total. The average molecular weight is 297 g/mol. The molecule has 1 atom stereocenters. The Morgan fingerprint density at radius 1 is 1.09 bits per heavy atom. The fraction of sp³-hybridized carbons (Fsp3) is 0.235. The summed E-state index contributed by atoms with van der Waals surface area (Å²) in [5.74, 6) is -0.339. The molecule has 114 valence electrons. The molecule has 1 aromatic carbocycles. The maximum Gasteiger partial charge on any atom is 0.255 e. The minimum absolute atomic E-state index is 0.0470. The molecule has 1 aromatic heterocycles. The van der Waals surface area contributed by atoms with Gasteiger partial charge in [0.2, 0.25) is 5.91 Å². The fourth-order valence-corrected chi connectivity index (χ4v) is 1.83. The van der Waals surface area contributed by atoms with Gasteiger partial charge in [-0.1, -0.05) is 19.9 Å². The van der Waals surface area contributed by atoms with E-state index in [0.29, 0.717) is 16.9 Å². The number of nitrogens with one attached hydrogen (secondary N) is 2. The van der Waals surface area contributed by atoms with Gasteiger partial charge in [0, 0.05) is 35.2 Å². The molecular weight excluding hydrogens is 278 g/mol. The molecule has 5 heteroatoms. The Kier molecular flexibility index (Phi) is 5.25. The van der Waals surface area contributed by atoms with E-state index in [9.17, 15) is 9.59 Å². The molecule has 0 aliphatic heterocycles. The van der Waals surface area contributed by atoms with E-state index in [2.05, 4.69) is 15.6 Å². The van der Waals surface area contributed by atoms with Crippen LogP contribution in [0, 0.1) is 5.92 Å². The number of aromatic nitrogens is 1. The van der Waals surface area contributed by atoms with Gasteiger partial charge in [0.15, 0.2) is 0 Å². The lowest BCUT2D eigenvalue weighted by molar-refractivity contribution is -0.119. The van der Waals surface area contributed by atoms with Crippen LogP contribution in [0.5, 0.6) is 0 Å². The molecule has 2 rings (SSSR count). The van der Waals surface area contributed by atoms with Crippen molar-refractivity contribution >= 4 is 23.2 Å². The molecule has 0 bridgehead atoms. The second-order valence-corrected chi connectivity index (χ2v) is 5.07. The number of carbonyl (C=O) groups is 2. The summed E-state index contributed by atoms with van der Waals surface area (Å²) >= 11 is 0. The number of rotatable bonds is 5. The van der Waals surface area contributed by atoms with Gasteiger partial charge >= 0.3 is 0 Å². The third kappa shape index (κ3) is 4.15. The first kappa shape index (κ1) is 15.7. The third-order valence-corrected chi connectivity index (χ3v) is 3.39. The number of amides is 2. The largest absolute Gasteiger partial charge is 0.326 e. The molecule has 0 saturated heterocycles. The van der Waals surface area contributed by atoms with Gasteiger partial charge in [0.05, 0.1) is 0 Å². The summed E-state index contributed by atoms with van der Waals surface area (Å²) < 4.78 is 0. The van der Waals surface area contributed by atoms with Crippen molar-refractivity contribution in [3.63, 3.8) is 0 Å². The molecule has 0 aliphatic rings. The van der Waals surface area contributed by atoms with Crippen LogP contribution in [0.4, 0.5) is 11.4 Å². The van der Waals surface area contributed by atoms with Gasteiger partial charge in [-0.2, -0.15) is 0 Å². The number of nitrogens with zero attached hydrogens (tertiary/aromatic N) is 1. The van der Waals surface area contributed by atoms with Crippen LogP contribution in [0.1, 0.15) is 30.6 Å². The standard InChI is InChI=1S/C17H19N3O2/c1-3-12(2)16(21)20-15-6-4-5-13(11-15)17(22)19-14-7-9-18-10-8-14/h4-12H,3H2,1-2H3,(H,20,21)(H,18,19,22). The first-order valence-electron chi connectivity index (χ1n) is 7.22. The van der Waals surface area contributed by atoms with Gasteiger partial charge in [0.25, 0.3) is 5.91 Å². The Hall–Kier alpha value is -2.69. The summed E-state index contributed by atoms with van der Waals surface area (Å²) in [4.78, 5) is 28.0. The van der Waals surface area contributed by atoms with Crippen LogP contribution >= 0.6 is 0 Å². The number of hydrogen-bond acceptors (Lipinski definition) is 3. The van der Waals surface area contributed by atoms with E-state index in [4.69, 9.17) is 0 Å². The van der Waals surface area contributed by atoms with Crippen molar-refractivity contribution in [2.45, 2.75) is 20.3 Å². The average Bonchev–Trinajstić information content (AvgIpc) is 2.55. The second-order valence-electron chi connectivity index (χ2n) is 5.07. The molecule has 2 aromatic rings. The topological polar surface area (TPSA) is 71.1 Å². The number of carbonyl (C=O) groups excluding carboxylic acids is 2. The van der Waals surface area contributed by atoms with Gasteiger partial charge in [0.1, 0.15) is 0 Å². The first-order valence-corrected chi connectivity index (χ1v) is 7.22. The van der Waals surface area contributed by atoms with Crippen LogP contribution < -0.4 is 10.6 Å². The zero-order chi connectivity index (χ0) is 15.9. The maximum absolute atomic E-state index is 12.2. The third-order valence-electron chi connectivity index (χ3n) is 3.39. The van der Waals surface area contributed by atoms with Crippen LogP contribution in [0.3, 0.4) is 0 Å². The van der Waals surface area contributed by atoms with E-state index in [0.717, 1.165) is 6.42 Å². The highest BCUT2D eigenvalue weighted by Gasteiger charge is 2.12. The molecule has 0 radical (unpaired) electrons. The van der Waals surface area contributed by atoms with E-state index in [1.54, 1.807) is 48.8 Å². The predicted octanol–water partition coefficient (Wildman–Crippen LogP) is 3.32. The smallest absolute Gasteiger partial charge is 0.255 e. The summed E-state index contributed by atoms with van der Waals surface area (Å²) in [6, 6.07) is 10.3. The SMILES string of the molecule is CCC(C)C(=O)Nc1cccc(C(=O)Nc2ccncc2)c1. The molecule has 0 fully saturated rings. The number of benzene rings is 1. The molecule has 22 heavy (non-hydrogen) atoms. The Morgan fingerprint density at radius 3 is 2.50 bits per heavy atom. The van der Waals surface area contributed by atoms with E-state index >= 15 is 0 Å². The van der Waals surface area contributed by atoms with Crippen molar-refractivity contribution in [3.8, 4) is 0 Å². The van der Waals surface area contributed by atoms with Crippen molar-refractivity contribution in [2.24, 2.45) is 5.92 Å². The summed E-state index contributed by atoms with van der Waals surface area (Å²) in [7, 11) is 0. The highest BCUT2D eigenvalue weighted by Crippen LogP contribution is 2.14. The quantitative estimate of drug-likeness (QED) is 0.889. The highest BCUT2D eigenvalue weighted by atomic mass is 16.2. The van der Waals surface area contributed by atoms with Crippen molar-refractivity contribution in [3.05, 3.63) is 54.4 Å². The van der Waals surface area contributed by atoms with Crippen LogP contribution in [0.15, 0.2) is 48.8 Å². The van der Waals surface area contributed by atoms with Gasteiger partial charge in [-0.25, -0.2) is 0 Å². The van der Waals surface area contributed by atoms with E-state index in [1.807, 2.05) is 13.8 Å². The minimum atomic E-state index is -0.231. The normalized spacial score (nSPS) is 11.5. The van der Waals surface area contributed by atoms with Gasteiger partial charge < -0.3 is 10.6 Å². The number of pyridine rings is 1. The molecule has 5 nitrogen and oxygen atoms in total. The van der Waals surface area contributed by atoms with Crippen LogP contribution in [0.2, 0.25) is 0 Å². The fourth-order valence-electron chi connectivity index (χ4n) is 1.83. The molecule has 0 saturated carbocycles. The number of anilines is 2. The monoisotopic (exact) mass is 297 g/mol. The Labute approximate surface area is 129 Å². The van der Waals surface area contributed by atoms with Crippen molar-refractivity contribution in [2.75, 3.05) is 10.6 Å². The van der Waals surface area contributed by atoms with E-state index in [-0.39, 0.29) is 17.7 Å². The van der Waals surface area contributed by atoms with Crippen LogP contribution in [-0.4, -0.2) is 16.8 Å². The van der Waals surface area contributed by atoms with Gasteiger partial charge in [-0.15, -0.1) is 0 Å². The molecular formula is C17H19N3O2. The zero-order valence-electron chi connectivity index (χ0n) is 12.7. The predicted molar refractivity (Wildman–Crippen MR) is 86.7 cm³/mol. The summed E-state index contributed by atoms with van der Waals surface area (Å²) in [6.45, 7) is 3.83. The lowest BCUT2D eigenvalue weighted by atomic mass is 10.1. The van der Waals surface area contributed by atoms with Crippen LogP contribution in [0.25, 0.3) is 0 Å². The summed E-state index contributed by atoms with van der Waals surface area (Å²) in [5, 5.41) is 5.60. The van der Waals surface area contributed by atoms with Crippen molar-refractivity contribution in [1.29, 1.82) is 0 Å². The van der Waals surface area contributed by atoms with E-state index in [1.165, 1.54) is 0 Å². The number of hydrogen-bond donors (Lipinski definition) is 2. The zero-order valence-corrected chi connectivity index (χ0v) is 12.7. The van der Waals surface area contributed by atoms with Gasteiger partial charge in [-0.05, 0) is 36.8 Å². The van der Waals surface area contributed by atoms with E-state index < -0.39 is 0 Å². The molecule has 0 spiro atoms. The first-order chi connectivity index (χ1) is 10.6. The second kappa shape index (κ2) is 7.36. The lowest BCUT2D eigenvalue weighted by Crippen LogP contribution is -2.20. The van der Waals surface area contributed by atoms with Crippen molar-refractivity contribution < 1.29 is 9.59 Å². The van der Waals surface area contributed by atoms with Crippen molar-refractivity contribution in [1.82, 2.24) is 4.98 Å². The Bertz CT molecular complexity index is 656. The maximum atomic E-state index is 12.2. The molecule has 1 heterocycles. The Balaban J connectivity index is 2.08. The highest BCUT2D eigenvalue weighted by molar-refractivity contribution is 6.05. The molecule has 0 aliphatic carbocycles. The molecule has 2 amide bonds. The molecule has 1 unspecified atom stereocenters. The van der Waals surface area contributed by atoms with Crippen LogP contribution in [-0.2, 0) is 4.79 Å². The van der Waals surface area contributed by atoms with Gasteiger partial charge in [-0.3, -0.25) is 14.6 Å². The summed E-state index contributed by atoms with van der Waals surface area (Å²) in [6.07, 6.45) is 3.99. The lowest BCUT2D eigenvalue weighted by Gasteiger charge is -2.11.